The second-order valence-electron chi connectivity index (χ2n) is 5.30. The molecule has 0 aliphatic heterocycles. The van der Waals surface area contributed by atoms with Crippen LogP contribution in [0.2, 0.25) is 0 Å². The van der Waals surface area contributed by atoms with E-state index in [1.165, 1.54) is 0 Å². The molecular weight excluding hydrogens is 224 g/mol. The maximum absolute atomic E-state index is 5.68. The van der Waals surface area contributed by atoms with Crippen molar-refractivity contribution < 1.29 is 4.74 Å². The zero-order valence-electron chi connectivity index (χ0n) is 11.0. The highest BCUT2D eigenvalue weighted by Crippen LogP contribution is 2.25. The van der Waals surface area contributed by atoms with Crippen LogP contribution in [0.1, 0.15) is 26.5 Å². The quantitative estimate of drug-likeness (QED) is 0.816. The summed E-state index contributed by atoms with van der Waals surface area (Å²) in [5, 5.41) is 0. The molecule has 2 rings (SSSR count). The molecule has 0 fully saturated rings. The van der Waals surface area contributed by atoms with Gasteiger partial charge in [0.2, 0.25) is 0 Å². The minimum Gasteiger partial charge on any atom is -0.456 e. The Kier molecular flexibility index (Phi) is 3.24. The van der Waals surface area contributed by atoms with Crippen molar-refractivity contribution in [3.05, 3.63) is 48.3 Å². The molecule has 18 heavy (non-hydrogen) atoms. The molecule has 3 nitrogen and oxygen atoms in total. The number of aromatic nitrogens is 1. The van der Waals surface area contributed by atoms with Crippen molar-refractivity contribution in [3.8, 4) is 11.5 Å². The van der Waals surface area contributed by atoms with E-state index >= 15 is 0 Å². The van der Waals surface area contributed by atoms with Crippen LogP contribution in [0.15, 0.2) is 42.6 Å². The normalized spacial score (nSPS) is 11.3. The fourth-order valence-corrected chi connectivity index (χ4v) is 1.56. The van der Waals surface area contributed by atoms with Gasteiger partial charge in [0, 0.05) is 16.8 Å². The summed E-state index contributed by atoms with van der Waals surface area (Å²) < 4.78 is 5.68. The van der Waals surface area contributed by atoms with E-state index in [0.29, 0.717) is 0 Å². The number of nitrogen functional groups attached to an aromatic ring is 1. The summed E-state index contributed by atoms with van der Waals surface area (Å²) in [6.45, 7) is 6.40. The fraction of sp³-hybridized carbons (Fsp3) is 0.267. The van der Waals surface area contributed by atoms with E-state index in [4.69, 9.17) is 10.5 Å². The van der Waals surface area contributed by atoms with Crippen molar-refractivity contribution in [2.75, 3.05) is 5.73 Å². The lowest BCUT2D eigenvalue weighted by atomic mass is 9.92. The molecule has 0 spiro atoms. The molecule has 0 bridgehead atoms. The lowest BCUT2D eigenvalue weighted by Gasteiger charge is -2.17. The molecule has 1 aromatic carbocycles. The molecular formula is C15H18N2O. The first-order chi connectivity index (χ1) is 8.45. The van der Waals surface area contributed by atoms with Gasteiger partial charge in [-0.25, -0.2) is 0 Å². The summed E-state index contributed by atoms with van der Waals surface area (Å²) in [7, 11) is 0. The molecule has 0 amide bonds. The first-order valence-electron chi connectivity index (χ1n) is 5.95. The van der Waals surface area contributed by atoms with Gasteiger partial charge >= 0.3 is 0 Å². The largest absolute Gasteiger partial charge is 0.456 e. The smallest absolute Gasteiger partial charge is 0.145 e. The molecule has 0 unspecified atom stereocenters. The third kappa shape index (κ3) is 3.00. The Morgan fingerprint density at radius 1 is 0.944 bits per heavy atom. The number of hydrogen-bond donors (Lipinski definition) is 1. The van der Waals surface area contributed by atoms with Gasteiger partial charge in [0.25, 0.3) is 0 Å². The maximum Gasteiger partial charge on any atom is 0.145 e. The lowest BCUT2D eigenvalue weighted by Crippen LogP contribution is -2.12. The zero-order chi connectivity index (χ0) is 13.2. The summed E-state index contributed by atoms with van der Waals surface area (Å²) in [6, 6.07) is 11.2. The van der Waals surface area contributed by atoms with E-state index in [1.54, 1.807) is 6.20 Å². The van der Waals surface area contributed by atoms with Gasteiger partial charge < -0.3 is 10.5 Å². The van der Waals surface area contributed by atoms with Crippen molar-refractivity contribution in [3.63, 3.8) is 0 Å². The number of nitrogens with two attached hydrogens (primary N) is 1. The van der Waals surface area contributed by atoms with Gasteiger partial charge in [-0.3, -0.25) is 4.98 Å². The highest BCUT2D eigenvalue weighted by molar-refractivity contribution is 5.42. The molecule has 0 aliphatic carbocycles. The van der Waals surface area contributed by atoms with Crippen LogP contribution in [-0.4, -0.2) is 4.98 Å². The van der Waals surface area contributed by atoms with Gasteiger partial charge in [-0.15, -0.1) is 0 Å². The molecule has 0 aliphatic rings. The second kappa shape index (κ2) is 4.69. The van der Waals surface area contributed by atoms with Crippen molar-refractivity contribution in [1.29, 1.82) is 0 Å². The van der Waals surface area contributed by atoms with Crippen LogP contribution in [0.5, 0.6) is 11.5 Å². The van der Waals surface area contributed by atoms with Crippen LogP contribution < -0.4 is 10.5 Å². The highest BCUT2D eigenvalue weighted by Gasteiger charge is 2.14. The molecule has 0 saturated carbocycles. The summed E-state index contributed by atoms with van der Waals surface area (Å²) in [5.41, 5.74) is 7.45. The molecule has 3 heteroatoms. The second-order valence-corrected chi connectivity index (χ2v) is 5.30. The SMILES string of the molecule is CC(C)(C)c1ccc(Oc2ccc(N)cc2)cn1. The Bertz CT molecular complexity index is 510. The lowest BCUT2D eigenvalue weighted by molar-refractivity contribution is 0.477. The third-order valence-electron chi connectivity index (χ3n) is 2.62. The Balaban J connectivity index is 2.13. The van der Waals surface area contributed by atoms with Crippen molar-refractivity contribution in [2.24, 2.45) is 0 Å². The van der Waals surface area contributed by atoms with Gasteiger partial charge in [0.15, 0.2) is 0 Å². The van der Waals surface area contributed by atoms with E-state index in [2.05, 4.69) is 25.8 Å². The first-order valence-corrected chi connectivity index (χ1v) is 5.95. The number of nitrogens with zero attached hydrogens (tertiary/aromatic N) is 1. The van der Waals surface area contributed by atoms with Gasteiger partial charge in [0.05, 0.1) is 6.20 Å². The Morgan fingerprint density at radius 2 is 1.56 bits per heavy atom. The van der Waals surface area contributed by atoms with E-state index in [1.807, 2.05) is 36.4 Å². The predicted octanol–water partition coefficient (Wildman–Crippen LogP) is 3.75. The summed E-state index contributed by atoms with van der Waals surface area (Å²) in [4.78, 5) is 4.41. The number of anilines is 1. The molecule has 0 saturated heterocycles. The number of pyridine rings is 1. The Hall–Kier alpha value is -2.03. The van der Waals surface area contributed by atoms with E-state index < -0.39 is 0 Å². The zero-order valence-corrected chi connectivity index (χ0v) is 11.0. The number of ether oxygens (including phenoxy) is 1. The van der Waals surface area contributed by atoms with Crippen molar-refractivity contribution in [1.82, 2.24) is 4.98 Å². The Labute approximate surface area is 108 Å². The maximum atomic E-state index is 5.68. The van der Waals surface area contributed by atoms with Crippen LogP contribution in [0, 0.1) is 0 Å². The highest BCUT2D eigenvalue weighted by atomic mass is 16.5. The standard InChI is InChI=1S/C15H18N2O/c1-15(2,3)14-9-8-13(10-17-14)18-12-6-4-11(16)5-7-12/h4-10H,16H2,1-3H3. The molecule has 0 atom stereocenters. The average Bonchev–Trinajstić information content (AvgIpc) is 2.32. The minimum atomic E-state index is 0.0553. The summed E-state index contributed by atoms with van der Waals surface area (Å²) in [6.07, 6.45) is 1.75. The van der Waals surface area contributed by atoms with Crippen LogP contribution >= 0.6 is 0 Å². The minimum absolute atomic E-state index is 0.0553. The van der Waals surface area contributed by atoms with Gasteiger partial charge in [-0.2, -0.15) is 0 Å². The van der Waals surface area contributed by atoms with Gasteiger partial charge in [-0.1, -0.05) is 20.8 Å². The summed E-state index contributed by atoms with van der Waals surface area (Å²) in [5.74, 6) is 1.49. The van der Waals surface area contributed by atoms with Crippen LogP contribution in [-0.2, 0) is 5.41 Å². The van der Waals surface area contributed by atoms with Crippen LogP contribution in [0.3, 0.4) is 0 Å². The predicted molar refractivity (Wildman–Crippen MR) is 73.9 cm³/mol. The fourth-order valence-electron chi connectivity index (χ4n) is 1.56. The van der Waals surface area contributed by atoms with Crippen molar-refractivity contribution >= 4 is 5.69 Å². The molecule has 2 N–H and O–H groups in total. The monoisotopic (exact) mass is 242 g/mol. The van der Waals surface area contributed by atoms with Crippen molar-refractivity contribution in [2.45, 2.75) is 26.2 Å². The molecule has 1 heterocycles. The van der Waals surface area contributed by atoms with Gasteiger partial charge in [0.1, 0.15) is 11.5 Å². The molecule has 0 radical (unpaired) electrons. The molecule has 94 valence electrons. The first kappa shape index (κ1) is 12.4. The molecule has 2 aromatic rings. The van der Waals surface area contributed by atoms with E-state index in [-0.39, 0.29) is 5.41 Å². The molecule has 1 aromatic heterocycles. The summed E-state index contributed by atoms with van der Waals surface area (Å²) >= 11 is 0. The number of hydrogen-bond acceptors (Lipinski definition) is 3. The Morgan fingerprint density at radius 3 is 2.06 bits per heavy atom. The number of benzene rings is 1. The third-order valence-corrected chi connectivity index (χ3v) is 2.62. The van der Waals surface area contributed by atoms with Gasteiger partial charge in [-0.05, 0) is 36.4 Å². The van der Waals surface area contributed by atoms with Crippen LogP contribution in [0.25, 0.3) is 0 Å². The van der Waals surface area contributed by atoms with Crippen LogP contribution in [0.4, 0.5) is 5.69 Å². The van der Waals surface area contributed by atoms with E-state index in [9.17, 15) is 0 Å². The average molecular weight is 242 g/mol. The van der Waals surface area contributed by atoms with E-state index in [0.717, 1.165) is 22.9 Å². The number of rotatable bonds is 2. The topological polar surface area (TPSA) is 48.1 Å².